The number of alkyl halides is 2. The Labute approximate surface area is 212 Å². The molecule has 4 rings (SSSR count). The number of halogens is 2. The minimum atomic E-state index is -2.70. The number of carbonyl (C=O) groups is 2. The van der Waals surface area contributed by atoms with Crippen molar-refractivity contribution in [3.8, 4) is 0 Å². The number of imidazole rings is 1. The van der Waals surface area contributed by atoms with Gasteiger partial charge in [0.05, 0.1) is 23.2 Å². The van der Waals surface area contributed by atoms with Gasteiger partial charge in [0.2, 0.25) is 11.5 Å². The van der Waals surface area contributed by atoms with E-state index in [-0.39, 0.29) is 35.9 Å². The van der Waals surface area contributed by atoms with Gasteiger partial charge in [-0.15, -0.1) is 0 Å². The van der Waals surface area contributed by atoms with Crippen LogP contribution in [0.3, 0.4) is 0 Å². The van der Waals surface area contributed by atoms with Gasteiger partial charge >= 0.3 is 0 Å². The van der Waals surface area contributed by atoms with E-state index in [9.17, 15) is 28.6 Å². The fourth-order valence-electron chi connectivity index (χ4n) is 4.67. The summed E-state index contributed by atoms with van der Waals surface area (Å²) >= 11 is 0. The van der Waals surface area contributed by atoms with Gasteiger partial charge in [-0.3, -0.25) is 14.5 Å². The zero-order valence-electron chi connectivity index (χ0n) is 20.8. The number of aliphatic hydroxyl groups is 2. The fraction of sp³-hybridized carbons (Fsp3) is 0.423. The van der Waals surface area contributed by atoms with Crippen LogP contribution in [0.2, 0.25) is 0 Å². The molecule has 2 heterocycles. The molecule has 0 bridgehead atoms. The molecule has 0 radical (unpaired) electrons. The molecule has 3 N–H and O–H groups in total. The Kier molecular flexibility index (Phi) is 7.86. The number of β-amino-alcohol motifs (C(OH)–C–C–N with tert-alkyl or cyclic N) is 1. The van der Waals surface area contributed by atoms with Crippen LogP contribution in [-0.2, 0) is 11.3 Å². The van der Waals surface area contributed by atoms with E-state index in [0.29, 0.717) is 43.8 Å². The summed E-state index contributed by atoms with van der Waals surface area (Å²) in [5.74, 6) is -0.769. The summed E-state index contributed by atoms with van der Waals surface area (Å²) < 4.78 is 27.9. The van der Waals surface area contributed by atoms with Crippen molar-refractivity contribution in [2.24, 2.45) is 4.99 Å². The second-order valence-corrected chi connectivity index (χ2v) is 9.45. The van der Waals surface area contributed by atoms with Crippen molar-refractivity contribution in [3.05, 3.63) is 59.2 Å². The highest BCUT2D eigenvalue weighted by atomic mass is 19.3. The van der Waals surface area contributed by atoms with Gasteiger partial charge in [-0.25, -0.2) is 8.78 Å². The van der Waals surface area contributed by atoms with Crippen LogP contribution in [0.15, 0.2) is 47.5 Å². The number of H-pyrrole nitrogens is 1. The number of anilines is 1. The number of nitrogens with one attached hydrogen (secondary N) is 1. The number of amides is 2. The van der Waals surface area contributed by atoms with E-state index in [1.54, 1.807) is 15.5 Å². The van der Waals surface area contributed by atoms with Gasteiger partial charge in [0.1, 0.15) is 0 Å². The summed E-state index contributed by atoms with van der Waals surface area (Å²) in [5.41, 5.74) is 1.23. The third-order valence-corrected chi connectivity index (χ3v) is 6.74. The van der Waals surface area contributed by atoms with Crippen molar-refractivity contribution < 1.29 is 28.6 Å². The Bertz CT molecular complexity index is 1360. The molecule has 1 aliphatic rings. The minimum Gasteiger partial charge on any atom is -0.396 e. The summed E-state index contributed by atoms with van der Waals surface area (Å²) in [7, 11) is 0. The number of benzene rings is 2. The lowest BCUT2D eigenvalue weighted by atomic mass is 9.97. The summed E-state index contributed by atoms with van der Waals surface area (Å²) in [6.45, 7) is 5.40. The van der Waals surface area contributed by atoms with E-state index in [0.717, 1.165) is 11.6 Å². The van der Waals surface area contributed by atoms with E-state index in [1.165, 1.54) is 18.2 Å². The van der Waals surface area contributed by atoms with Crippen molar-refractivity contribution in [3.63, 3.8) is 0 Å². The van der Waals surface area contributed by atoms with Crippen LogP contribution in [0.25, 0.3) is 11.0 Å². The molecule has 0 unspecified atom stereocenters. The third-order valence-electron chi connectivity index (χ3n) is 6.74. The van der Waals surface area contributed by atoms with Gasteiger partial charge in [-0.1, -0.05) is 12.1 Å². The zero-order chi connectivity index (χ0) is 26.7. The number of hydrogen-bond acceptors (Lipinski definition) is 5. The van der Waals surface area contributed by atoms with Crippen molar-refractivity contribution in [2.75, 3.05) is 37.7 Å². The molecular formula is C26H31F2N5O4. The number of nitrogens with zero attached hydrogens (tertiary/aromatic N) is 4. The first-order chi connectivity index (χ1) is 17.7. The zero-order valence-corrected chi connectivity index (χ0v) is 20.8. The van der Waals surface area contributed by atoms with Crippen molar-refractivity contribution >= 4 is 28.5 Å². The van der Waals surface area contributed by atoms with Crippen molar-refractivity contribution in [1.82, 2.24) is 14.5 Å². The minimum absolute atomic E-state index is 0.0313. The van der Waals surface area contributed by atoms with Crippen LogP contribution < -0.4 is 10.5 Å². The van der Waals surface area contributed by atoms with Crippen LogP contribution in [0, 0.1) is 0 Å². The molecule has 0 aliphatic carbocycles. The van der Waals surface area contributed by atoms with Crippen LogP contribution in [0.1, 0.15) is 42.6 Å². The SMILES string of the molecule is CC1(C)C(=O)N(c2ccc3c(c2)[nH]/c(=N\C(=O)c2cccc(C(F)F)c2)n3CCCO)CCN1CCO. The first kappa shape index (κ1) is 26.6. The van der Waals surface area contributed by atoms with Gasteiger partial charge in [-0.2, -0.15) is 4.99 Å². The maximum Gasteiger partial charge on any atom is 0.280 e. The van der Waals surface area contributed by atoms with Crippen LogP contribution >= 0.6 is 0 Å². The van der Waals surface area contributed by atoms with E-state index < -0.39 is 17.9 Å². The van der Waals surface area contributed by atoms with Gasteiger partial charge in [0, 0.05) is 49.6 Å². The van der Waals surface area contributed by atoms with E-state index >= 15 is 0 Å². The number of aliphatic hydroxyl groups excluding tert-OH is 2. The molecular weight excluding hydrogens is 484 g/mol. The Morgan fingerprint density at radius 1 is 1.11 bits per heavy atom. The van der Waals surface area contributed by atoms with E-state index in [1.807, 2.05) is 30.9 Å². The average molecular weight is 516 g/mol. The quantitative estimate of drug-likeness (QED) is 0.427. The lowest BCUT2D eigenvalue weighted by Crippen LogP contribution is -2.63. The first-order valence-corrected chi connectivity index (χ1v) is 12.2. The van der Waals surface area contributed by atoms with E-state index in [4.69, 9.17) is 0 Å². The Morgan fingerprint density at radius 2 is 1.89 bits per heavy atom. The number of hydrogen-bond donors (Lipinski definition) is 3. The van der Waals surface area contributed by atoms with Crippen molar-refractivity contribution in [1.29, 1.82) is 0 Å². The maximum absolute atomic E-state index is 13.3. The number of aromatic nitrogens is 2. The second-order valence-electron chi connectivity index (χ2n) is 9.45. The molecule has 37 heavy (non-hydrogen) atoms. The molecule has 198 valence electrons. The van der Waals surface area contributed by atoms with Gasteiger partial charge < -0.3 is 24.7 Å². The number of rotatable bonds is 8. The summed E-state index contributed by atoms with van der Waals surface area (Å²) in [5, 5.41) is 18.7. The second kappa shape index (κ2) is 10.9. The number of piperazine rings is 1. The highest BCUT2D eigenvalue weighted by molar-refractivity contribution is 6.01. The van der Waals surface area contributed by atoms with Gasteiger partial charge in [0.25, 0.3) is 12.3 Å². The Morgan fingerprint density at radius 3 is 2.59 bits per heavy atom. The van der Waals surface area contributed by atoms with Crippen LogP contribution in [0.5, 0.6) is 0 Å². The average Bonchev–Trinajstić information content (AvgIpc) is 3.21. The van der Waals surface area contributed by atoms with Gasteiger partial charge in [0.15, 0.2) is 0 Å². The molecule has 2 amide bonds. The first-order valence-electron chi connectivity index (χ1n) is 12.2. The van der Waals surface area contributed by atoms with Crippen LogP contribution in [-0.4, -0.2) is 74.9 Å². The lowest BCUT2D eigenvalue weighted by molar-refractivity contribution is -0.131. The number of fused-ring (bicyclic) bond motifs is 1. The summed E-state index contributed by atoms with van der Waals surface area (Å²) in [6, 6.07) is 10.6. The lowest BCUT2D eigenvalue weighted by Gasteiger charge is -2.45. The monoisotopic (exact) mass is 515 g/mol. The summed E-state index contributed by atoms with van der Waals surface area (Å²) in [4.78, 5) is 37.1. The number of carbonyl (C=O) groups excluding carboxylic acids is 2. The summed E-state index contributed by atoms with van der Waals surface area (Å²) in [6.07, 6.45) is -2.29. The molecule has 0 spiro atoms. The molecule has 1 saturated heterocycles. The topological polar surface area (TPSA) is 114 Å². The predicted octanol–water partition coefficient (Wildman–Crippen LogP) is 2.45. The predicted molar refractivity (Wildman–Crippen MR) is 134 cm³/mol. The molecule has 9 nitrogen and oxygen atoms in total. The third kappa shape index (κ3) is 5.34. The number of aromatic amines is 1. The molecule has 3 aromatic rings. The Hall–Kier alpha value is -3.41. The molecule has 0 atom stereocenters. The molecule has 1 aromatic heterocycles. The largest absolute Gasteiger partial charge is 0.396 e. The smallest absolute Gasteiger partial charge is 0.280 e. The Balaban J connectivity index is 1.72. The molecule has 0 saturated carbocycles. The highest BCUT2D eigenvalue weighted by Gasteiger charge is 2.41. The molecule has 1 fully saturated rings. The maximum atomic E-state index is 13.3. The van der Waals surface area contributed by atoms with Crippen molar-refractivity contribution in [2.45, 2.75) is 38.8 Å². The van der Waals surface area contributed by atoms with E-state index in [2.05, 4.69) is 9.98 Å². The fourth-order valence-corrected chi connectivity index (χ4v) is 4.67. The molecule has 1 aliphatic heterocycles. The standard InChI is InChI=1S/C26H31F2N5O4/c1-26(2)24(37)32(11-10-31(26)12-14-35)19-7-8-21-20(16-19)29-25(33(21)9-4-13-34)30-23(36)18-6-3-5-17(15-18)22(27)28/h3,5-8,15-16,22,34-35H,4,9-14H2,1-2H3,(H,29,30,36). The van der Waals surface area contributed by atoms with Gasteiger partial charge in [-0.05, 0) is 50.6 Å². The highest BCUT2D eigenvalue weighted by Crippen LogP contribution is 2.28. The normalized spacial score (nSPS) is 16.8. The van der Waals surface area contributed by atoms with Crippen LogP contribution in [0.4, 0.5) is 14.5 Å². The molecule has 2 aromatic carbocycles. The molecule has 11 heteroatoms. The number of aryl methyl sites for hydroxylation is 1.